The Hall–Kier alpha value is -1.31. The van der Waals surface area contributed by atoms with Crippen molar-refractivity contribution in [2.24, 2.45) is 11.7 Å². The third-order valence-corrected chi connectivity index (χ3v) is 4.85. The summed E-state index contributed by atoms with van der Waals surface area (Å²) in [4.78, 5) is 19.4. The number of nitrogens with zero attached hydrogens (tertiary/aromatic N) is 4. The van der Waals surface area contributed by atoms with Crippen LogP contribution in [0, 0.1) is 12.8 Å². The van der Waals surface area contributed by atoms with Crippen molar-refractivity contribution in [2.75, 3.05) is 19.6 Å². The molecule has 1 fully saturated rings. The third-order valence-electron chi connectivity index (χ3n) is 3.95. The molecule has 3 heterocycles. The van der Waals surface area contributed by atoms with Gasteiger partial charge in [-0.05, 0) is 45.2 Å². The molecule has 1 saturated heterocycles. The minimum Gasteiger partial charge on any atom is -0.330 e. The molecule has 3 rings (SSSR count). The number of nitrogens with two attached hydrogens (primary N) is 1. The fourth-order valence-electron chi connectivity index (χ4n) is 2.98. The van der Waals surface area contributed by atoms with E-state index in [1.54, 1.807) is 0 Å². The first-order valence-electron chi connectivity index (χ1n) is 7.44. The first-order valence-corrected chi connectivity index (χ1v) is 8.26. The molecule has 1 aliphatic heterocycles. The smallest absolute Gasteiger partial charge is 0.275 e. The average molecular weight is 307 g/mol. The lowest BCUT2D eigenvalue weighted by atomic mass is 9.95. The molecule has 2 aromatic heterocycles. The third kappa shape index (κ3) is 3.30. The van der Waals surface area contributed by atoms with Crippen molar-refractivity contribution < 1.29 is 0 Å². The van der Waals surface area contributed by atoms with E-state index in [9.17, 15) is 4.79 Å². The van der Waals surface area contributed by atoms with Gasteiger partial charge in [-0.2, -0.15) is 9.61 Å². The van der Waals surface area contributed by atoms with Crippen LogP contribution in [0.25, 0.3) is 4.96 Å². The summed E-state index contributed by atoms with van der Waals surface area (Å²) in [6.07, 6.45) is 3.58. The highest BCUT2D eigenvalue weighted by molar-refractivity contribution is 7.16. The van der Waals surface area contributed by atoms with Gasteiger partial charge in [0.2, 0.25) is 4.96 Å². The van der Waals surface area contributed by atoms with E-state index in [2.05, 4.69) is 15.0 Å². The molecule has 6 nitrogen and oxygen atoms in total. The quantitative estimate of drug-likeness (QED) is 0.912. The summed E-state index contributed by atoms with van der Waals surface area (Å²) in [5.41, 5.74) is 6.31. The SMILES string of the molecule is Cc1cc(=O)n2nc(CN3CCCC(CCN)C3)sc2n1. The first-order chi connectivity index (χ1) is 10.2. The van der Waals surface area contributed by atoms with Crippen molar-refractivity contribution in [3.05, 3.63) is 27.1 Å². The predicted octanol–water partition coefficient (Wildman–Crippen LogP) is 1.02. The van der Waals surface area contributed by atoms with Gasteiger partial charge in [0.1, 0.15) is 5.01 Å². The topological polar surface area (TPSA) is 76.5 Å². The van der Waals surface area contributed by atoms with Gasteiger partial charge in [-0.25, -0.2) is 4.98 Å². The van der Waals surface area contributed by atoms with Gasteiger partial charge in [0, 0.05) is 18.3 Å². The number of fused-ring (bicyclic) bond motifs is 1. The fraction of sp³-hybridized carbons (Fsp3) is 0.643. The Labute approximate surface area is 127 Å². The zero-order valence-corrected chi connectivity index (χ0v) is 13.1. The van der Waals surface area contributed by atoms with Crippen LogP contribution < -0.4 is 11.3 Å². The maximum absolute atomic E-state index is 11.9. The van der Waals surface area contributed by atoms with Gasteiger partial charge in [-0.3, -0.25) is 9.69 Å². The molecule has 0 amide bonds. The maximum atomic E-state index is 11.9. The lowest BCUT2D eigenvalue weighted by Gasteiger charge is -2.31. The van der Waals surface area contributed by atoms with Crippen LogP contribution in [0.15, 0.2) is 10.9 Å². The number of likely N-dealkylation sites (tertiary alicyclic amines) is 1. The summed E-state index contributed by atoms with van der Waals surface area (Å²) in [7, 11) is 0. The van der Waals surface area contributed by atoms with Crippen LogP contribution in [0.1, 0.15) is 30.0 Å². The van der Waals surface area contributed by atoms with Crippen molar-refractivity contribution in [3.63, 3.8) is 0 Å². The normalized spacial score (nSPS) is 20.2. The standard InChI is InChI=1S/C14H21N5OS/c1-10-7-13(20)19-14(16-10)21-12(17-19)9-18-6-2-3-11(8-18)4-5-15/h7,11H,2-6,8-9,15H2,1H3. The molecule has 1 atom stereocenters. The van der Waals surface area contributed by atoms with Crippen molar-refractivity contribution in [2.45, 2.75) is 32.7 Å². The highest BCUT2D eigenvalue weighted by Crippen LogP contribution is 2.22. The van der Waals surface area contributed by atoms with Crippen molar-refractivity contribution >= 4 is 16.3 Å². The molecule has 0 aliphatic carbocycles. The van der Waals surface area contributed by atoms with Gasteiger partial charge >= 0.3 is 0 Å². The number of aromatic nitrogens is 3. The second kappa shape index (κ2) is 6.21. The van der Waals surface area contributed by atoms with Crippen molar-refractivity contribution in [1.29, 1.82) is 0 Å². The predicted molar refractivity (Wildman–Crippen MR) is 83.5 cm³/mol. The Morgan fingerprint density at radius 3 is 3.19 bits per heavy atom. The van der Waals surface area contributed by atoms with Crippen LogP contribution in [0.4, 0.5) is 0 Å². The van der Waals surface area contributed by atoms with E-state index in [4.69, 9.17) is 5.73 Å². The maximum Gasteiger partial charge on any atom is 0.275 e. The highest BCUT2D eigenvalue weighted by Gasteiger charge is 2.20. The van der Waals surface area contributed by atoms with E-state index in [1.807, 2.05) is 6.92 Å². The number of piperidine rings is 1. The number of rotatable bonds is 4. The summed E-state index contributed by atoms with van der Waals surface area (Å²) >= 11 is 1.51. The van der Waals surface area contributed by atoms with E-state index < -0.39 is 0 Å². The molecule has 21 heavy (non-hydrogen) atoms. The minimum absolute atomic E-state index is 0.0975. The van der Waals surface area contributed by atoms with Crippen LogP contribution in [-0.4, -0.2) is 39.1 Å². The first kappa shape index (κ1) is 14.6. The van der Waals surface area contributed by atoms with Gasteiger partial charge in [0.05, 0.1) is 6.54 Å². The summed E-state index contributed by atoms with van der Waals surface area (Å²) in [5.74, 6) is 0.696. The lowest BCUT2D eigenvalue weighted by molar-refractivity contribution is 0.162. The summed E-state index contributed by atoms with van der Waals surface area (Å²) in [6.45, 7) is 5.57. The Bertz CT molecular complexity index is 678. The largest absolute Gasteiger partial charge is 0.330 e. The van der Waals surface area contributed by atoms with Gasteiger partial charge in [0.15, 0.2) is 0 Å². The Kier molecular flexibility index (Phi) is 4.32. The fourth-order valence-corrected chi connectivity index (χ4v) is 3.97. The Balaban J connectivity index is 1.75. The Morgan fingerprint density at radius 1 is 1.52 bits per heavy atom. The molecular formula is C14H21N5OS. The summed E-state index contributed by atoms with van der Waals surface area (Å²) in [6, 6.07) is 1.52. The molecule has 114 valence electrons. The van der Waals surface area contributed by atoms with Crippen LogP contribution in [0.2, 0.25) is 0 Å². The average Bonchev–Trinajstić information content (AvgIpc) is 2.82. The van der Waals surface area contributed by atoms with Gasteiger partial charge in [-0.1, -0.05) is 11.3 Å². The zero-order valence-electron chi connectivity index (χ0n) is 12.3. The second-order valence-electron chi connectivity index (χ2n) is 5.75. The zero-order chi connectivity index (χ0) is 14.8. The van der Waals surface area contributed by atoms with Crippen LogP contribution in [-0.2, 0) is 6.54 Å². The number of aryl methyl sites for hydroxylation is 1. The van der Waals surface area contributed by atoms with E-state index in [0.717, 1.165) is 43.3 Å². The molecule has 1 aliphatic rings. The van der Waals surface area contributed by atoms with Crippen molar-refractivity contribution in [3.8, 4) is 0 Å². The second-order valence-corrected chi connectivity index (χ2v) is 6.79. The lowest BCUT2D eigenvalue weighted by Crippen LogP contribution is -2.35. The molecule has 0 spiro atoms. The van der Waals surface area contributed by atoms with E-state index in [0.29, 0.717) is 10.9 Å². The number of hydrogen-bond donors (Lipinski definition) is 1. The molecule has 7 heteroatoms. The molecule has 0 saturated carbocycles. The number of hydrogen-bond acceptors (Lipinski definition) is 6. The van der Waals surface area contributed by atoms with Gasteiger partial charge in [-0.15, -0.1) is 0 Å². The Morgan fingerprint density at radius 2 is 2.38 bits per heavy atom. The molecule has 2 aromatic rings. The van der Waals surface area contributed by atoms with Crippen LogP contribution in [0.5, 0.6) is 0 Å². The molecule has 1 unspecified atom stereocenters. The molecular weight excluding hydrogens is 286 g/mol. The van der Waals surface area contributed by atoms with Crippen LogP contribution >= 0.6 is 11.3 Å². The van der Waals surface area contributed by atoms with E-state index in [1.165, 1.54) is 34.8 Å². The summed E-state index contributed by atoms with van der Waals surface area (Å²) < 4.78 is 1.41. The van der Waals surface area contributed by atoms with E-state index >= 15 is 0 Å². The molecule has 0 radical (unpaired) electrons. The van der Waals surface area contributed by atoms with Gasteiger partial charge < -0.3 is 5.73 Å². The molecule has 2 N–H and O–H groups in total. The highest BCUT2D eigenvalue weighted by atomic mass is 32.1. The monoisotopic (exact) mass is 307 g/mol. The minimum atomic E-state index is -0.0975. The molecule has 0 bridgehead atoms. The van der Waals surface area contributed by atoms with E-state index in [-0.39, 0.29) is 5.56 Å². The van der Waals surface area contributed by atoms with Gasteiger partial charge in [0.25, 0.3) is 5.56 Å². The van der Waals surface area contributed by atoms with Crippen molar-refractivity contribution in [1.82, 2.24) is 19.5 Å². The molecule has 0 aromatic carbocycles. The summed E-state index contributed by atoms with van der Waals surface area (Å²) in [5, 5.41) is 5.37. The van der Waals surface area contributed by atoms with Crippen LogP contribution in [0.3, 0.4) is 0 Å².